The molecule has 142 valence electrons. The maximum absolute atomic E-state index is 12.8. The first-order valence-electron chi connectivity index (χ1n) is 8.11. The number of rotatable bonds is 7. The summed E-state index contributed by atoms with van der Waals surface area (Å²) < 4.78 is 26.9. The van der Waals surface area contributed by atoms with E-state index in [4.69, 9.17) is 23.7 Å². The highest BCUT2D eigenvalue weighted by atomic mass is 32.2. The van der Waals surface area contributed by atoms with Crippen LogP contribution in [0.15, 0.2) is 35.2 Å². The van der Waals surface area contributed by atoms with Crippen LogP contribution < -0.4 is 23.7 Å². The topological polar surface area (TPSA) is 63.2 Å². The molecule has 6 nitrogen and oxygen atoms in total. The number of hydrogen-bond donors (Lipinski definition) is 0. The Morgan fingerprint density at radius 3 is 2.22 bits per heavy atom. The minimum Gasteiger partial charge on any atom is -0.496 e. The van der Waals surface area contributed by atoms with Crippen LogP contribution in [-0.2, 0) is 0 Å². The minimum atomic E-state index is -0.193. The summed E-state index contributed by atoms with van der Waals surface area (Å²) in [5.41, 5.74) is 1.11. The summed E-state index contributed by atoms with van der Waals surface area (Å²) in [7, 11) is 6.19. The molecular weight excluding hydrogens is 368 g/mol. The zero-order chi connectivity index (χ0) is 19.4. The average Bonchev–Trinajstić information content (AvgIpc) is 3.17. The smallest absolute Gasteiger partial charge is 0.189 e. The van der Waals surface area contributed by atoms with Crippen LogP contribution >= 0.6 is 11.8 Å². The summed E-state index contributed by atoms with van der Waals surface area (Å²) in [6.45, 7) is 0. The predicted octanol–water partition coefficient (Wildman–Crippen LogP) is 4.06. The van der Waals surface area contributed by atoms with E-state index in [1.807, 2.05) is 0 Å². The zero-order valence-electron chi connectivity index (χ0n) is 15.5. The Balaban J connectivity index is 1.96. The van der Waals surface area contributed by atoms with Crippen LogP contribution in [0.3, 0.4) is 0 Å². The van der Waals surface area contributed by atoms with Gasteiger partial charge in [-0.2, -0.15) is 0 Å². The van der Waals surface area contributed by atoms with Crippen LogP contribution in [0.25, 0.3) is 6.08 Å². The highest BCUT2D eigenvalue weighted by Gasteiger charge is 2.20. The standard InChI is InChI=1S/C20H20O6S/c1-22-12-7-16(23-2)13(17(8-12)24-3)5-6-15(21)14-9-20-19(26-11-27-20)10-18(14)25-4/h5-10H,11H2,1-4H3/b6-5+. The van der Waals surface area contributed by atoms with E-state index in [1.54, 1.807) is 63.4 Å². The van der Waals surface area contributed by atoms with Gasteiger partial charge in [0.2, 0.25) is 0 Å². The van der Waals surface area contributed by atoms with Crippen LogP contribution in [0.5, 0.6) is 28.7 Å². The van der Waals surface area contributed by atoms with Crippen molar-refractivity contribution in [3.63, 3.8) is 0 Å². The maximum atomic E-state index is 12.8. The summed E-state index contributed by atoms with van der Waals surface area (Å²) in [6.07, 6.45) is 3.13. The molecule has 0 fully saturated rings. The lowest BCUT2D eigenvalue weighted by Crippen LogP contribution is -2.00. The molecule has 0 aromatic heterocycles. The predicted molar refractivity (Wildman–Crippen MR) is 104 cm³/mol. The number of thioether (sulfide) groups is 1. The lowest BCUT2D eigenvalue weighted by molar-refractivity contribution is 0.104. The normalized spacial score (nSPS) is 12.4. The van der Waals surface area contributed by atoms with Crippen molar-refractivity contribution < 1.29 is 28.5 Å². The second-order valence-corrected chi connectivity index (χ2v) is 6.51. The quantitative estimate of drug-likeness (QED) is 0.523. The number of allylic oxidation sites excluding steroid dienone is 1. The van der Waals surface area contributed by atoms with Crippen molar-refractivity contribution in [2.24, 2.45) is 0 Å². The van der Waals surface area contributed by atoms with E-state index in [2.05, 4.69) is 0 Å². The lowest BCUT2D eigenvalue weighted by Gasteiger charge is -2.12. The molecule has 2 aromatic carbocycles. The molecule has 0 aliphatic carbocycles. The molecule has 1 aliphatic heterocycles. The highest BCUT2D eigenvalue weighted by Crippen LogP contribution is 2.41. The first kappa shape index (κ1) is 19.0. The largest absolute Gasteiger partial charge is 0.496 e. The van der Waals surface area contributed by atoms with Gasteiger partial charge in [0.25, 0.3) is 0 Å². The number of fused-ring (bicyclic) bond motifs is 1. The monoisotopic (exact) mass is 388 g/mol. The van der Waals surface area contributed by atoms with Gasteiger partial charge in [-0.25, -0.2) is 0 Å². The molecule has 2 aromatic rings. The van der Waals surface area contributed by atoms with Gasteiger partial charge in [0.15, 0.2) is 5.78 Å². The van der Waals surface area contributed by atoms with Crippen molar-refractivity contribution in [2.75, 3.05) is 34.4 Å². The van der Waals surface area contributed by atoms with Crippen LogP contribution in [0.4, 0.5) is 0 Å². The third-order valence-electron chi connectivity index (χ3n) is 4.11. The number of benzene rings is 2. The van der Waals surface area contributed by atoms with Crippen LogP contribution in [0.2, 0.25) is 0 Å². The van der Waals surface area contributed by atoms with Crippen LogP contribution in [0, 0.1) is 0 Å². The molecule has 0 saturated heterocycles. The second-order valence-electron chi connectivity index (χ2n) is 5.55. The van der Waals surface area contributed by atoms with Gasteiger partial charge >= 0.3 is 0 Å². The molecule has 3 rings (SSSR count). The van der Waals surface area contributed by atoms with Crippen molar-refractivity contribution in [3.05, 3.63) is 41.5 Å². The van der Waals surface area contributed by atoms with Crippen molar-refractivity contribution >= 4 is 23.6 Å². The fraction of sp³-hybridized carbons (Fsp3) is 0.250. The van der Waals surface area contributed by atoms with Gasteiger partial charge in [0.05, 0.1) is 44.5 Å². The summed E-state index contributed by atoms with van der Waals surface area (Å²) in [4.78, 5) is 13.7. The number of carbonyl (C=O) groups excluding carboxylic acids is 1. The molecule has 0 radical (unpaired) electrons. The third kappa shape index (κ3) is 3.83. The van der Waals surface area contributed by atoms with Gasteiger partial charge in [-0.3, -0.25) is 4.79 Å². The van der Waals surface area contributed by atoms with E-state index >= 15 is 0 Å². The molecule has 0 atom stereocenters. The van der Waals surface area contributed by atoms with Gasteiger partial charge in [0, 0.05) is 18.2 Å². The van der Waals surface area contributed by atoms with E-state index in [0.717, 1.165) is 10.6 Å². The molecular formula is C20H20O6S. The zero-order valence-corrected chi connectivity index (χ0v) is 16.3. The van der Waals surface area contributed by atoms with Gasteiger partial charge in [-0.05, 0) is 18.2 Å². The molecule has 0 saturated carbocycles. The molecule has 0 amide bonds. The minimum absolute atomic E-state index is 0.193. The van der Waals surface area contributed by atoms with Crippen LogP contribution in [-0.4, -0.2) is 40.2 Å². The second kappa shape index (κ2) is 8.26. The lowest BCUT2D eigenvalue weighted by atomic mass is 10.1. The fourth-order valence-electron chi connectivity index (χ4n) is 2.73. The molecule has 0 unspecified atom stereocenters. The van der Waals surface area contributed by atoms with E-state index in [0.29, 0.717) is 40.1 Å². The van der Waals surface area contributed by atoms with E-state index in [1.165, 1.54) is 13.2 Å². The number of methoxy groups -OCH3 is 4. The van der Waals surface area contributed by atoms with Gasteiger partial charge < -0.3 is 23.7 Å². The Kier molecular flexibility index (Phi) is 5.81. The number of ketones is 1. The SMILES string of the molecule is COc1cc(OC)c(/C=C/C(=O)c2cc3c(cc2OC)OCS3)c(OC)c1. The molecule has 1 aliphatic rings. The Morgan fingerprint density at radius 1 is 0.963 bits per heavy atom. The summed E-state index contributed by atoms with van der Waals surface area (Å²) in [5.74, 6) is 3.23. The first-order valence-corrected chi connectivity index (χ1v) is 9.09. The molecule has 0 bridgehead atoms. The molecule has 7 heteroatoms. The Bertz CT molecular complexity index is 865. The molecule has 0 N–H and O–H groups in total. The van der Waals surface area contributed by atoms with Crippen LogP contribution in [0.1, 0.15) is 15.9 Å². The third-order valence-corrected chi connectivity index (χ3v) is 4.98. The van der Waals surface area contributed by atoms with Crippen molar-refractivity contribution in [3.8, 4) is 28.7 Å². The number of hydrogen-bond acceptors (Lipinski definition) is 7. The van der Waals surface area contributed by atoms with Crippen molar-refractivity contribution in [1.29, 1.82) is 0 Å². The first-order chi connectivity index (χ1) is 13.1. The van der Waals surface area contributed by atoms with E-state index < -0.39 is 0 Å². The van der Waals surface area contributed by atoms with E-state index in [-0.39, 0.29) is 5.78 Å². The summed E-state index contributed by atoms with van der Waals surface area (Å²) in [6, 6.07) is 7.00. The van der Waals surface area contributed by atoms with Gasteiger partial charge in [-0.15, -0.1) is 0 Å². The Morgan fingerprint density at radius 2 is 1.63 bits per heavy atom. The Hall–Kier alpha value is -2.80. The molecule has 0 spiro atoms. The van der Waals surface area contributed by atoms with Crippen molar-refractivity contribution in [2.45, 2.75) is 4.90 Å². The number of carbonyl (C=O) groups is 1. The van der Waals surface area contributed by atoms with Crippen molar-refractivity contribution in [1.82, 2.24) is 0 Å². The van der Waals surface area contributed by atoms with E-state index in [9.17, 15) is 4.79 Å². The average molecular weight is 388 g/mol. The molecule has 1 heterocycles. The summed E-state index contributed by atoms with van der Waals surface area (Å²) in [5, 5.41) is 0. The molecule has 27 heavy (non-hydrogen) atoms. The fourth-order valence-corrected chi connectivity index (χ4v) is 3.50. The number of ether oxygens (including phenoxy) is 5. The highest BCUT2D eigenvalue weighted by molar-refractivity contribution is 7.99. The maximum Gasteiger partial charge on any atom is 0.189 e. The Labute approximate surface area is 162 Å². The van der Waals surface area contributed by atoms with Gasteiger partial charge in [0.1, 0.15) is 34.7 Å². The summed E-state index contributed by atoms with van der Waals surface area (Å²) >= 11 is 1.54. The van der Waals surface area contributed by atoms with Gasteiger partial charge in [-0.1, -0.05) is 11.8 Å².